The van der Waals surface area contributed by atoms with Crippen molar-refractivity contribution in [1.82, 2.24) is 5.32 Å². The van der Waals surface area contributed by atoms with Gasteiger partial charge < -0.3 is 5.32 Å². The third-order valence-electron chi connectivity index (χ3n) is 3.37. The van der Waals surface area contributed by atoms with Gasteiger partial charge in [0.1, 0.15) is 0 Å². The van der Waals surface area contributed by atoms with Crippen LogP contribution < -0.4 is 9.62 Å². The van der Waals surface area contributed by atoms with E-state index in [9.17, 15) is 18.0 Å². The van der Waals surface area contributed by atoms with Crippen LogP contribution in [0, 0.1) is 11.8 Å². The van der Waals surface area contributed by atoms with E-state index in [1.165, 1.54) is 12.1 Å². The van der Waals surface area contributed by atoms with E-state index in [-0.39, 0.29) is 17.3 Å². The van der Waals surface area contributed by atoms with E-state index >= 15 is 0 Å². The number of rotatable bonds is 4. The Kier molecular flexibility index (Phi) is 4.55. The molecule has 0 aromatic heterocycles. The Balaban J connectivity index is 2.29. The summed E-state index contributed by atoms with van der Waals surface area (Å²) < 4.78 is 25.0. The lowest BCUT2D eigenvalue weighted by molar-refractivity contribution is -0.119. The predicted molar refractivity (Wildman–Crippen MR) is 84.1 cm³/mol. The minimum Gasteiger partial charge on any atom is -0.352 e. The molecule has 1 N–H and O–H groups in total. The van der Waals surface area contributed by atoms with Crippen molar-refractivity contribution in [2.45, 2.75) is 20.8 Å². The summed E-state index contributed by atoms with van der Waals surface area (Å²) in [5, 5.41) is 2.77. The van der Waals surface area contributed by atoms with Gasteiger partial charge in [0.15, 0.2) is 0 Å². The van der Waals surface area contributed by atoms with Crippen LogP contribution in [0.5, 0.6) is 0 Å². The number of sulfonamides is 1. The molecule has 1 aromatic carbocycles. The van der Waals surface area contributed by atoms with E-state index < -0.39 is 21.8 Å². The number of nitrogens with one attached hydrogen (secondary N) is 1. The first-order chi connectivity index (χ1) is 10.2. The Hall–Kier alpha value is -1.89. The summed E-state index contributed by atoms with van der Waals surface area (Å²) in [6, 6.07) is 6.12. The van der Waals surface area contributed by atoms with Crippen LogP contribution in [0.3, 0.4) is 0 Å². The number of hydrogen-bond donors (Lipinski definition) is 1. The number of anilines is 1. The fourth-order valence-corrected chi connectivity index (χ4v) is 4.07. The van der Waals surface area contributed by atoms with Crippen molar-refractivity contribution < 1.29 is 18.0 Å². The topological polar surface area (TPSA) is 83.6 Å². The Morgan fingerprint density at radius 2 is 2.09 bits per heavy atom. The maximum Gasteiger partial charge on any atom is 0.251 e. The first-order valence-corrected chi connectivity index (χ1v) is 8.78. The first kappa shape index (κ1) is 16.5. The van der Waals surface area contributed by atoms with E-state index in [0.717, 1.165) is 4.31 Å². The molecule has 0 radical (unpaired) electrons. The van der Waals surface area contributed by atoms with Crippen molar-refractivity contribution >= 4 is 27.5 Å². The first-order valence-electron chi connectivity index (χ1n) is 7.17. The molecule has 1 aliphatic rings. The lowest BCUT2D eigenvalue weighted by atomic mass is 10.1. The van der Waals surface area contributed by atoms with Crippen LogP contribution in [0.15, 0.2) is 24.3 Å². The molecule has 0 saturated carbocycles. The van der Waals surface area contributed by atoms with Gasteiger partial charge in [-0.1, -0.05) is 26.8 Å². The predicted octanol–water partition coefficient (Wildman–Crippen LogP) is 1.38. The summed E-state index contributed by atoms with van der Waals surface area (Å²) in [5.74, 6) is -1.19. The van der Waals surface area contributed by atoms with Crippen molar-refractivity contribution in [3.63, 3.8) is 0 Å². The molecule has 0 aliphatic carbocycles. The molecular weight excluding hydrogens is 304 g/mol. The molecule has 1 saturated heterocycles. The highest BCUT2D eigenvalue weighted by atomic mass is 32.2. The van der Waals surface area contributed by atoms with Gasteiger partial charge in [-0.25, -0.2) is 12.7 Å². The van der Waals surface area contributed by atoms with E-state index in [1.54, 1.807) is 19.1 Å². The molecule has 1 fully saturated rings. The number of carbonyl (C=O) groups excluding carboxylic acids is 2. The van der Waals surface area contributed by atoms with Crippen LogP contribution in [-0.2, 0) is 14.8 Å². The largest absolute Gasteiger partial charge is 0.352 e. The fourth-order valence-electron chi connectivity index (χ4n) is 2.26. The second-order valence-electron chi connectivity index (χ2n) is 5.94. The molecule has 1 aliphatic heterocycles. The van der Waals surface area contributed by atoms with Crippen LogP contribution in [0.2, 0.25) is 0 Å². The minimum absolute atomic E-state index is 0.199. The number of hydrogen-bond acceptors (Lipinski definition) is 4. The third-order valence-corrected chi connectivity index (χ3v) is 5.24. The normalized spacial score (nSPS) is 20.5. The van der Waals surface area contributed by atoms with Crippen LogP contribution in [0.1, 0.15) is 31.1 Å². The molecule has 2 rings (SSSR count). The standard InChI is InChI=1S/C15H20N2O4S/c1-10(2)8-16-14(18)12-5-4-6-13(7-12)17-15(19)11(3)9-22(17,20)21/h4-7,10-11H,8-9H2,1-3H3,(H,16,18)/t11-/m0/s1. The third kappa shape index (κ3) is 3.30. The van der Waals surface area contributed by atoms with E-state index in [0.29, 0.717) is 18.0 Å². The quantitative estimate of drug-likeness (QED) is 0.907. The van der Waals surface area contributed by atoms with Gasteiger partial charge in [0.25, 0.3) is 5.91 Å². The van der Waals surface area contributed by atoms with Gasteiger partial charge in [-0.05, 0) is 24.1 Å². The second-order valence-corrected chi connectivity index (χ2v) is 7.80. The molecular formula is C15H20N2O4S. The second kappa shape index (κ2) is 6.08. The van der Waals surface area contributed by atoms with Crippen LogP contribution in [0.4, 0.5) is 5.69 Å². The molecule has 0 bridgehead atoms. The molecule has 6 nitrogen and oxygen atoms in total. The molecule has 120 valence electrons. The van der Waals surface area contributed by atoms with E-state index in [2.05, 4.69) is 5.32 Å². The van der Waals surface area contributed by atoms with Crippen molar-refractivity contribution in [3.8, 4) is 0 Å². The van der Waals surface area contributed by atoms with E-state index in [1.807, 2.05) is 13.8 Å². The van der Waals surface area contributed by atoms with Crippen LogP contribution in [-0.4, -0.2) is 32.5 Å². The van der Waals surface area contributed by atoms with Gasteiger partial charge in [0.05, 0.1) is 17.4 Å². The molecule has 0 spiro atoms. The average molecular weight is 324 g/mol. The minimum atomic E-state index is -3.65. The van der Waals surface area contributed by atoms with Crippen molar-refractivity contribution in [2.75, 3.05) is 16.6 Å². The number of carbonyl (C=O) groups is 2. The highest BCUT2D eigenvalue weighted by Gasteiger charge is 2.42. The Morgan fingerprint density at radius 1 is 1.41 bits per heavy atom. The summed E-state index contributed by atoms with van der Waals surface area (Å²) >= 11 is 0. The van der Waals surface area contributed by atoms with Gasteiger partial charge >= 0.3 is 0 Å². The van der Waals surface area contributed by atoms with Gasteiger partial charge in [-0.3, -0.25) is 9.59 Å². The summed E-state index contributed by atoms with van der Waals surface area (Å²) in [7, 11) is -3.65. The van der Waals surface area contributed by atoms with E-state index in [4.69, 9.17) is 0 Å². The zero-order valence-corrected chi connectivity index (χ0v) is 13.7. The summed E-state index contributed by atoms with van der Waals surface area (Å²) in [6.07, 6.45) is 0. The number of benzene rings is 1. The van der Waals surface area contributed by atoms with Crippen LogP contribution >= 0.6 is 0 Å². The maximum absolute atomic E-state index is 12.1. The Morgan fingerprint density at radius 3 is 2.64 bits per heavy atom. The summed E-state index contributed by atoms with van der Waals surface area (Å²) in [5.41, 5.74) is 0.548. The maximum atomic E-state index is 12.1. The fraction of sp³-hybridized carbons (Fsp3) is 0.467. The number of nitrogens with zero attached hydrogens (tertiary/aromatic N) is 1. The Bertz CT molecular complexity index is 697. The van der Waals surface area contributed by atoms with Gasteiger partial charge in [-0.2, -0.15) is 0 Å². The number of amides is 2. The van der Waals surface area contributed by atoms with Crippen molar-refractivity contribution in [3.05, 3.63) is 29.8 Å². The summed E-state index contributed by atoms with van der Waals surface area (Å²) in [4.78, 5) is 24.1. The SMILES string of the molecule is CC(C)CNC(=O)c1cccc(N2C(=O)[C@@H](C)CS2(=O)=O)c1. The molecule has 1 aromatic rings. The van der Waals surface area contributed by atoms with Crippen molar-refractivity contribution in [2.24, 2.45) is 11.8 Å². The molecule has 1 heterocycles. The van der Waals surface area contributed by atoms with Crippen LogP contribution in [0.25, 0.3) is 0 Å². The zero-order valence-electron chi connectivity index (χ0n) is 12.9. The average Bonchev–Trinajstić information content (AvgIpc) is 2.64. The molecule has 2 amide bonds. The molecule has 1 atom stereocenters. The summed E-state index contributed by atoms with van der Waals surface area (Å²) in [6.45, 7) is 6.07. The highest BCUT2D eigenvalue weighted by molar-refractivity contribution is 7.94. The monoisotopic (exact) mass is 324 g/mol. The molecule has 0 unspecified atom stereocenters. The molecule has 7 heteroatoms. The smallest absolute Gasteiger partial charge is 0.251 e. The Labute approximate surface area is 130 Å². The van der Waals surface area contributed by atoms with Gasteiger partial charge in [-0.15, -0.1) is 0 Å². The lowest BCUT2D eigenvalue weighted by Gasteiger charge is -2.16. The van der Waals surface area contributed by atoms with Gasteiger partial charge in [0.2, 0.25) is 15.9 Å². The zero-order chi connectivity index (χ0) is 16.5. The molecule has 22 heavy (non-hydrogen) atoms. The van der Waals surface area contributed by atoms with Crippen molar-refractivity contribution in [1.29, 1.82) is 0 Å². The lowest BCUT2D eigenvalue weighted by Crippen LogP contribution is -2.31. The van der Waals surface area contributed by atoms with Gasteiger partial charge in [0, 0.05) is 12.1 Å². The highest BCUT2D eigenvalue weighted by Crippen LogP contribution is 2.28.